The lowest BCUT2D eigenvalue weighted by atomic mass is 10.2. The molecule has 0 aliphatic rings. The van der Waals surface area contributed by atoms with Crippen LogP contribution in [0.1, 0.15) is 9.67 Å². The van der Waals surface area contributed by atoms with Gasteiger partial charge in [-0.15, -0.1) is 11.3 Å². The number of non-ortho nitro benzene ring substituents is 1. The van der Waals surface area contributed by atoms with Crippen LogP contribution in [0.5, 0.6) is 0 Å². The average molecular weight is 409 g/mol. The fourth-order valence-corrected chi connectivity index (χ4v) is 3.34. The largest absolute Gasteiger partial charge is 0.451 e. The van der Waals surface area contributed by atoms with Crippen LogP contribution in [0.15, 0.2) is 42.5 Å². The zero-order valence-electron chi connectivity index (χ0n) is 13.4. The van der Waals surface area contributed by atoms with Crippen LogP contribution in [0, 0.1) is 15.9 Å². The van der Waals surface area contributed by atoms with E-state index in [1.54, 1.807) is 6.07 Å². The number of halogens is 2. The summed E-state index contributed by atoms with van der Waals surface area (Å²) >= 11 is 6.72. The molecule has 1 aromatic heterocycles. The lowest BCUT2D eigenvalue weighted by Crippen LogP contribution is -2.20. The SMILES string of the molecule is O=C(COC(=O)c1cc2cc([N+](=O)[O-])ccc2s1)Nc1ccc(F)c(Cl)c1. The summed E-state index contributed by atoms with van der Waals surface area (Å²) in [6, 6.07) is 9.35. The number of hydrogen-bond donors (Lipinski definition) is 1. The van der Waals surface area contributed by atoms with Crippen LogP contribution in [0.4, 0.5) is 15.8 Å². The predicted molar refractivity (Wildman–Crippen MR) is 98.8 cm³/mol. The zero-order valence-corrected chi connectivity index (χ0v) is 15.0. The second kappa shape index (κ2) is 7.68. The van der Waals surface area contributed by atoms with E-state index in [4.69, 9.17) is 16.3 Å². The van der Waals surface area contributed by atoms with Crippen molar-refractivity contribution in [3.63, 3.8) is 0 Å². The number of benzene rings is 2. The average Bonchev–Trinajstić information content (AvgIpc) is 3.06. The van der Waals surface area contributed by atoms with E-state index in [2.05, 4.69) is 5.32 Å². The third-order valence-corrected chi connectivity index (χ3v) is 4.84. The van der Waals surface area contributed by atoms with E-state index in [0.717, 1.165) is 17.4 Å². The van der Waals surface area contributed by atoms with Gasteiger partial charge >= 0.3 is 5.97 Å². The summed E-state index contributed by atoms with van der Waals surface area (Å²) in [5.41, 5.74) is 0.175. The standard InChI is InChI=1S/C17H10ClFN2O5S/c18-12-7-10(1-3-13(12)19)20-16(22)8-26-17(23)15-6-9-5-11(21(24)25)2-4-14(9)27-15/h1-7H,8H2,(H,20,22). The third kappa shape index (κ3) is 4.39. The number of thiophene rings is 1. The minimum Gasteiger partial charge on any atom is -0.451 e. The molecule has 1 N–H and O–H groups in total. The molecule has 0 aliphatic heterocycles. The van der Waals surface area contributed by atoms with Gasteiger partial charge in [-0.25, -0.2) is 9.18 Å². The van der Waals surface area contributed by atoms with Crippen molar-refractivity contribution in [1.29, 1.82) is 0 Å². The number of ether oxygens (including phenoxy) is 1. The van der Waals surface area contributed by atoms with Crippen molar-refractivity contribution >= 4 is 56.3 Å². The molecule has 3 rings (SSSR count). The van der Waals surface area contributed by atoms with Crippen molar-refractivity contribution in [3.8, 4) is 0 Å². The molecular weight excluding hydrogens is 399 g/mol. The Morgan fingerprint density at radius 1 is 1.22 bits per heavy atom. The van der Waals surface area contributed by atoms with Crippen molar-refractivity contribution in [2.24, 2.45) is 0 Å². The number of amides is 1. The molecular formula is C17H10ClFN2O5S. The molecule has 0 atom stereocenters. The molecule has 7 nitrogen and oxygen atoms in total. The number of carbonyl (C=O) groups excluding carboxylic acids is 2. The van der Waals surface area contributed by atoms with Gasteiger partial charge in [-0.05, 0) is 30.3 Å². The van der Waals surface area contributed by atoms with Crippen LogP contribution in [0.2, 0.25) is 5.02 Å². The minimum absolute atomic E-state index is 0.0856. The van der Waals surface area contributed by atoms with Gasteiger partial charge in [-0.2, -0.15) is 0 Å². The Hall–Kier alpha value is -3.04. The van der Waals surface area contributed by atoms with Crippen molar-refractivity contribution in [3.05, 3.63) is 68.3 Å². The Morgan fingerprint density at radius 2 is 2.00 bits per heavy atom. The molecule has 1 amide bonds. The fourth-order valence-electron chi connectivity index (χ4n) is 2.22. The number of nitrogens with one attached hydrogen (secondary N) is 1. The van der Waals surface area contributed by atoms with E-state index >= 15 is 0 Å². The van der Waals surface area contributed by atoms with Crippen molar-refractivity contribution < 1.29 is 23.6 Å². The molecule has 0 saturated carbocycles. The maximum atomic E-state index is 13.1. The molecule has 1 heterocycles. The lowest BCUT2D eigenvalue weighted by Gasteiger charge is -2.06. The maximum absolute atomic E-state index is 13.1. The van der Waals surface area contributed by atoms with Gasteiger partial charge in [0.05, 0.1) is 9.95 Å². The van der Waals surface area contributed by atoms with Crippen LogP contribution in [-0.2, 0) is 9.53 Å². The number of fused-ring (bicyclic) bond motifs is 1. The van der Waals surface area contributed by atoms with Gasteiger partial charge in [0, 0.05) is 27.9 Å². The molecule has 3 aromatic rings. The first kappa shape index (κ1) is 18.7. The molecule has 138 valence electrons. The first-order valence-electron chi connectivity index (χ1n) is 7.43. The van der Waals surface area contributed by atoms with E-state index in [1.165, 1.54) is 30.3 Å². The quantitative estimate of drug-likeness (QED) is 0.383. The lowest BCUT2D eigenvalue weighted by molar-refractivity contribution is -0.384. The van der Waals surface area contributed by atoms with Crippen LogP contribution in [-0.4, -0.2) is 23.4 Å². The minimum atomic E-state index is -0.730. The molecule has 27 heavy (non-hydrogen) atoms. The van der Waals surface area contributed by atoms with Crippen molar-refractivity contribution in [2.45, 2.75) is 0 Å². The highest BCUT2D eigenvalue weighted by molar-refractivity contribution is 7.20. The van der Waals surface area contributed by atoms with E-state index in [-0.39, 0.29) is 21.3 Å². The molecule has 2 aromatic carbocycles. The summed E-state index contributed by atoms with van der Waals surface area (Å²) in [6.07, 6.45) is 0. The molecule has 0 bridgehead atoms. The molecule has 0 saturated heterocycles. The summed E-state index contributed by atoms with van der Waals surface area (Å²) in [6.45, 7) is -0.553. The zero-order chi connectivity index (χ0) is 19.6. The van der Waals surface area contributed by atoms with Gasteiger partial charge < -0.3 is 10.1 Å². The predicted octanol–water partition coefficient (Wildman–Crippen LogP) is 4.40. The number of nitrogens with zero attached hydrogens (tertiary/aromatic N) is 1. The van der Waals surface area contributed by atoms with Gasteiger partial charge in [0.25, 0.3) is 11.6 Å². The monoisotopic (exact) mass is 408 g/mol. The van der Waals surface area contributed by atoms with Gasteiger partial charge in [-0.1, -0.05) is 11.6 Å². The molecule has 0 aliphatic carbocycles. The van der Waals surface area contributed by atoms with E-state index < -0.39 is 29.2 Å². The van der Waals surface area contributed by atoms with E-state index in [0.29, 0.717) is 10.1 Å². The van der Waals surface area contributed by atoms with Crippen molar-refractivity contribution in [1.82, 2.24) is 0 Å². The summed E-state index contributed by atoms with van der Waals surface area (Å²) in [5.74, 6) is -1.97. The van der Waals surface area contributed by atoms with E-state index in [9.17, 15) is 24.1 Å². The Kier molecular flexibility index (Phi) is 5.33. The summed E-state index contributed by atoms with van der Waals surface area (Å²) in [4.78, 5) is 34.4. The number of nitro benzene ring substituents is 1. The van der Waals surface area contributed by atoms with Crippen LogP contribution in [0.25, 0.3) is 10.1 Å². The second-order valence-electron chi connectivity index (χ2n) is 5.34. The maximum Gasteiger partial charge on any atom is 0.348 e. The number of hydrogen-bond acceptors (Lipinski definition) is 6. The Bertz CT molecular complexity index is 1070. The number of carbonyl (C=O) groups is 2. The third-order valence-electron chi connectivity index (χ3n) is 3.45. The van der Waals surface area contributed by atoms with Gasteiger partial charge in [0.15, 0.2) is 6.61 Å². The normalized spacial score (nSPS) is 10.6. The Labute approximate surface area is 160 Å². The summed E-state index contributed by atoms with van der Waals surface area (Å²) in [7, 11) is 0. The van der Waals surface area contributed by atoms with Crippen LogP contribution < -0.4 is 5.32 Å². The molecule has 0 spiro atoms. The fraction of sp³-hybridized carbons (Fsp3) is 0.0588. The van der Waals surface area contributed by atoms with Gasteiger partial charge in [0.2, 0.25) is 0 Å². The molecule has 0 unspecified atom stereocenters. The highest BCUT2D eigenvalue weighted by Gasteiger charge is 2.16. The topological polar surface area (TPSA) is 98.5 Å². The van der Waals surface area contributed by atoms with Gasteiger partial charge in [0.1, 0.15) is 10.7 Å². The highest BCUT2D eigenvalue weighted by atomic mass is 35.5. The van der Waals surface area contributed by atoms with Gasteiger partial charge in [-0.3, -0.25) is 14.9 Å². The molecule has 10 heteroatoms. The Morgan fingerprint density at radius 3 is 2.70 bits per heavy atom. The first-order chi connectivity index (χ1) is 12.8. The van der Waals surface area contributed by atoms with Crippen LogP contribution >= 0.6 is 22.9 Å². The summed E-state index contributed by atoms with van der Waals surface area (Å²) in [5, 5.41) is 13.6. The summed E-state index contributed by atoms with van der Waals surface area (Å²) < 4.78 is 18.7. The molecule has 0 fully saturated rings. The van der Waals surface area contributed by atoms with Crippen LogP contribution in [0.3, 0.4) is 0 Å². The number of nitro groups is 1. The Balaban J connectivity index is 1.63. The van der Waals surface area contributed by atoms with Crippen molar-refractivity contribution in [2.75, 3.05) is 11.9 Å². The molecule has 0 radical (unpaired) electrons. The number of rotatable bonds is 5. The van der Waals surface area contributed by atoms with E-state index in [1.807, 2.05) is 0 Å². The number of esters is 1. The first-order valence-corrected chi connectivity index (χ1v) is 8.63. The highest BCUT2D eigenvalue weighted by Crippen LogP contribution is 2.29. The number of anilines is 1. The second-order valence-corrected chi connectivity index (χ2v) is 6.83. The smallest absolute Gasteiger partial charge is 0.348 e.